The third-order valence-corrected chi connectivity index (χ3v) is 10.7. The number of epoxide rings is 1. The summed E-state index contributed by atoms with van der Waals surface area (Å²) in [7, 11) is -2.53. The SMILES string of the molecule is C[C@H](O)[C@@]1(C)O[C@H]1CO[Si](c1ccccc1)(c1ccccc1)C(C)(C)C. The molecule has 3 rings (SSSR count). The molecule has 3 atom stereocenters. The highest BCUT2D eigenvalue weighted by Crippen LogP contribution is 2.42. The summed E-state index contributed by atoms with van der Waals surface area (Å²) in [6.45, 7) is 11.0. The van der Waals surface area contributed by atoms with Gasteiger partial charge in [0.05, 0.1) is 12.7 Å². The Hall–Kier alpha value is -1.46. The summed E-state index contributed by atoms with van der Waals surface area (Å²) in [5.41, 5.74) is -0.495. The van der Waals surface area contributed by atoms with Gasteiger partial charge in [0.2, 0.25) is 0 Å². The zero-order valence-corrected chi connectivity index (χ0v) is 17.4. The molecular weight excluding hydrogens is 340 g/mol. The van der Waals surface area contributed by atoms with Crippen LogP contribution in [0.15, 0.2) is 60.7 Å². The van der Waals surface area contributed by atoms with Crippen molar-refractivity contribution in [3.05, 3.63) is 60.7 Å². The van der Waals surface area contributed by atoms with E-state index in [2.05, 4.69) is 69.3 Å². The van der Waals surface area contributed by atoms with Crippen molar-refractivity contribution >= 4 is 18.7 Å². The van der Waals surface area contributed by atoms with Gasteiger partial charge < -0.3 is 14.3 Å². The number of ether oxygens (including phenoxy) is 1. The highest BCUT2D eigenvalue weighted by Gasteiger charge is 2.58. The Balaban J connectivity index is 2.01. The fourth-order valence-corrected chi connectivity index (χ4v) is 8.36. The molecule has 1 aliphatic heterocycles. The molecule has 0 aromatic heterocycles. The summed E-state index contributed by atoms with van der Waals surface area (Å²) < 4.78 is 12.6. The van der Waals surface area contributed by atoms with Gasteiger partial charge in [-0.05, 0) is 29.3 Å². The minimum atomic E-state index is -2.53. The summed E-state index contributed by atoms with van der Waals surface area (Å²) >= 11 is 0. The number of aliphatic hydroxyl groups excluding tert-OH is 1. The minimum Gasteiger partial charge on any atom is -0.405 e. The molecule has 0 aliphatic carbocycles. The second-order valence-electron chi connectivity index (χ2n) is 8.44. The second kappa shape index (κ2) is 6.93. The van der Waals surface area contributed by atoms with Crippen LogP contribution in [-0.2, 0) is 9.16 Å². The van der Waals surface area contributed by atoms with Crippen molar-refractivity contribution in [2.75, 3.05) is 6.61 Å². The van der Waals surface area contributed by atoms with Crippen LogP contribution in [0.25, 0.3) is 0 Å². The Labute approximate surface area is 158 Å². The first-order valence-electron chi connectivity index (χ1n) is 9.33. The molecule has 0 saturated carbocycles. The zero-order chi connectivity index (χ0) is 19.0. The van der Waals surface area contributed by atoms with Gasteiger partial charge >= 0.3 is 0 Å². The fraction of sp³-hybridized carbons (Fsp3) is 0.455. The van der Waals surface area contributed by atoms with E-state index in [1.165, 1.54) is 10.4 Å². The topological polar surface area (TPSA) is 42.0 Å². The van der Waals surface area contributed by atoms with Crippen LogP contribution in [-0.4, -0.2) is 37.8 Å². The van der Waals surface area contributed by atoms with Gasteiger partial charge in [0, 0.05) is 0 Å². The molecule has 3 nitrogen and oxygen atoms in total. The minimum absolute atomic E-state index is 0.0498. The van der Waals surface area contributed by atoms with Crippen molar-refractivity contribution in [1.82, 2.24) is 0 Å². The van der Waals surface area contributed by atoms with Crippen LogP contribution in [0.5, 0.6) is 0 Å². The normalized spacial score (nSPS) is 24.3. The Morgan fingerprint density at radius 3 is 1.85 bits per heavy atom. The monoisotopic (exact) mass is 370 g/mol. The van der Waals surface area contributed by atoms with E-state index < -0.39 is 20.0 Å². The van der Waals surface area contributed by atoms with Gasteiger partial charge in [-0.25, -0.2) is 0 Å². The molecule has 26 heavy (non-hydrogen) atoms. The molecule has 0 bridgehead atoms. The van der Waals surface area contributed by atoms with Crippen LogP contribution in [0.4, 0.5) is 0 Å². The first-order valence-corrected chi connectivity index (χ1v) is 11.2. The van der Waals surface area contributed by atoms with Crippen molar-refractivity contribution in [1.29, 1.82) is 0 Å². The molecule has 0 spiro atoms. The Bertz CT molecular complexity index is 685. The summed E-state index contributed by atoms with van der Waals surface area (Å²) in [6, 6.07) is 21.2. The van der Waals surface area contributed by atoms with E-state index >= 15 is 0 Å². The average molecular weight is 371 g/mol. The first kappa shape index (κ1) is 19.3. The van der Waals surface area contributed by atoms with Gasteiger partial charge in [-0.1, -0.05) is 81.4 Å². The quantitative estimate of drug-likeness (QED) is 0.628. The maximum atomic E-state index is 9.98. The Kier molecular flexibility index (Phi) is 5.14. The van der Waals surface area contributed by atoms with E-state index in [0.29, 0.717) is 6.61 Å². The second-order valence-corrected chi connectivity index (χ2v) is 12.7. The molecular formula is C22H30O3Si. The van der Waals surface area contributed by atoms with Crippen LogP contribution in [0.2, 0.25) is 5.04 Å². The lowest BCUT2D eigenvalue weighted by molar-refractivity contribution is 0.100. The van der Waals surface area contributed by atoms with Crippen molar-refractivity contribution < 1.29 is 14.3 Å². The van der Waals surface area contributed by atoms with Crippen LogP contribution in [0.3, 0.4) is 0 Å². The van der Waals surface area contributed by atoms with Gasteiger partial charge in [0.25, 0.3) is 8.32 Å². The Morgan fingerprint density at radius 2 is 1.50 bits per heavy atom. The summed E-state index contributed by atoms with van der Waals surface area (Å²) in [6.07, 6.45) is -0.570. The number of rotatable bonds is 6. The van der Waals surface area contributed by atoms with Crippen molar-refractivity contribution in [2.24, 2.45) is 0 Å². The molecule has 1 heterocycles. The zero-order valence-electron chi connectivity index (χ0n) is 16.4. The summed E-state index contributed by atoms with van der Waals surface area (Å²) in [5.74, 6) is 0. The highest BCUT2D eigenvalue weighted by atomic mass is 28.4. The predicted octanol–water partition coefficient (Wildman–Crippen LogP) is 3.10. The molecule has 1 fully saturated rings. The predicted molar refractivity (Wildman–Crippen MR) is 109 cm³/mol. The molecule has 1 saturated heterocycles. The average Bonchev–Trinajstić information content (AvgIpc) is 3.28. The maximum absolute atomic E-state index is 9.98. The van der Waals surface area contributed by atoms with Crippen molar-refractivity contribution in [3.8, 4) is 0 Å². The van der Waals surface area contributed by atoms with E-state index in [-0.39, 0.29) is 11.1 Å². The lowest BCUT2D eigenvalue weighted by Crippen LogP contribution is -2.67. The highest BCUT2D eigenvalue weighted by molar-refractivity contribution is 6.99. The third kappa shape index (κ3) is 3.27. The molecule has 1 aliphatic rings. The van der Waals surface area contributed by atoms with E-state index in [1.54, 1.807) is 6.92 Å². The molecule has 2 aromatic carbocycles. The van der Waals surface area contributed by atoms with Crippen LogP contribution in [0.1, 0.15) is 34.6 Å². The fourth-order valence-electron chi connectivity index (χ4n) is 3.80. The summed E-state index contributed by atoms with van der Waals surface area (Å²) in [4.78, 5) is 0. The third-order valence-electron chi connectivity index (χ3n) is 5.68. The van der Waals surface area contributed by atoms with E-state index in [1.807, 2.05) is 19.1 Å². The standard InChI is InChI=1S/C22H30O3Si/c1-17(23)22(5)20(25-22)16-24-26(21(2,3)4,18-12-8-6-9-13-18)19-14-10-7-11-15-19/h6-15,17,20,23H,16H2,1-5H3/t17-,20-,22+/m0/s1. The van der Waals surface area contributed by atoms with Gasteiger partial charge in [-0.15, -0.1) is 0 Å². The van der Waals surface area contributed by atoms with E-state index in [0.717, 1.165) is 0 Å². The molecule has 2 aromatic rings. The molecule has 4 heteroatoms. The van der Waals surface area contributed by atoms with E-state index in [9.17, 15) is 5.11 Å². The molecule has 140 valence electrons. The van der Waals surface area contributed by atoms with Crippen LogP contribution >= 0.6 is 0 Å². The van der Waals surface area contributed by atoms with E-state index in [4.69, 9.17) is 9.16 Å². The number of hydrogen-bond acceptors (Lipinski definition) is 3. The summed E-state index contributed by atoms with van der Waals surface area (Å²) in [5, 5.41) is 12.5. The lowest BCUT2D eigenvalue weighted by Gasteiger charge is -2.43. The molecule has 0 unspecified atom stereocenters. The first-order chi connectivity index (χ1) is 12.2. The van der Waals surface area contributed by atoms with Crippen molar-refractivity contribution in [3.63, 3.8) is 0 Å². The molecule has 0 radical (unpaired) electrons. The smallest absolute Gasteiger partial charge is 0.261 e. The molecule has 1 N–H and O–H groups in total. The lowest BCUT2D eigenvalue weighted by atomic mass is 10.0. The van der Waals surface area contributed by atoms with Gasteiger partial charge in [-0.3, -0.25) is 0 Å². The van der Waals surface area contributed by atoms with Crippen LogP contribution in [0, 0.1) is 0 Å². The molecule has 0 amide bonds. The van der Waals surface area contributed by atoms with Crippen LogP contribution < -0.4 is 10.4 Å². The number of benzene rings is 2. The maximum Gasteiger partial charge on any atom is 0.261 e. The number of hydrogen-bond donors (Lipinski definition) is 1. The Morgan fingerprint density at radius 1 is 1.04 bits per heavy atom. The van der Waals surface area contributed by atoms with Gasteiger partial charge in [-0.2, -0.15) is 0 Å². The number of aliphatic hydroxyl groups is 1. The van der Waals surface area contributed by atoms with Crippen molar-refractivity contribution in [2.45, 2.75) is 57.5 Å². The van der Waals surface area contributed by atoms with Gasteiger partial charge in [0.1, 0.15) is 11.7 Å². The largest absolute Gasteiger partial charge is 0.405 e. The van der Waals surface area contributed by atoms with Gasteiger partial charge in [0.15, 0.2) is 0 Å².